The highest BCUT2D eigenvalue weighted by Crippen LogP contribution is 2.27. The van der Waals surface area contributed by atoms with Crippen molar-refractivity contribution in [3.05, 3.63) is 0 Å². The second-order valence-corrected chi connectivity index (χ2v) is 9.74. The lowest BCUT2D eigenvalue weighted by atomic mass is 9.85. The number of carboxylic acids is 1. The number of hydrogen-bond acceptors (Lipinski definition) is 5. The number of sulfone groups is 1. The molecule has 1 saturated heterocycles. The quantitative estimate of drug-likeness (QED) is 0.735. The topological polar surface area (TPSA) is 118 Å². The van der Waals surface area contributed by atoms with E-state index in [1.54, 1.807) is 0 Å². The molecular formula is C11H19NO6S2. The second-order valence-electron chi connectivity index (χ2n) is 5.52. The fourth-order valence-electron chi connectivity index (χ4n) is 2.88. The van der Waals surface area contributed by atoms with Crippen molar-refractivity contribution in [3.8, 4) is 0 Å². The Labute approximate surface area is 118 Å². The van der Waals surface area contributed by atoms with Gasteiger partial charge in [0.1, 0.15) is 0 Å². The van der Waals surface area contributed by atoms with E-state index in [0.717, 1.165) is 12.8 Å². The van der Waals surface area contributed by atoms with Crippen LogP contribution in [0.5, 0.6) is 0 Å². The fourth-order valence-corrected chi connectivity index (χ4v) is 7.24. The molecule has 0 bridgehead atoms. The average Bonchev–Trinajstić information content (AvgIpc) is 2.70. The van der Waals surface area contributed by atoms with Crippen LogP contribution in [-0.4, -0.2) is 50.7 Å². The van der Waals surface area contributed by atoms with Gasteiger partial charge >= 0.3 is 5.97 Å². The average molecular weight is 325 g/mol. The van der Waals surface area contributed by atoms with Crippen LogP contribution in [0.1, 0.15) is 32.1 Å². The Morgan fingerprint density at radius 1 is 1.15 bits per heavy atom. The van der Waals surface area contributed by atoms with Gasteiger partial charge in [0.25, 0.3) is 0 Å². The molecule has 1 saturated carbocycles. The van der Waals surface area contributed by atoms with Gasteiger partial charge in [0, 0.05) is 6.04 Å². The Morgan fingerprint density at radius 2 is 1.80 bits per heavy atom. The van der Waals surface area contributed by atoms with Gasteiger partial charge in [-0.1, -0.05) is 12.8 Å². The van der Waals surface area contributed by atoms with E-state index in [9.17, 15) is 21.6 Å². The summed E-state index contributed by atoms with van der Waals surface area (Å²) in [6.45, 7) is 0. The van der Waals surface area contributed by atoms with Crippen LogP contribution in [0.2, 0.25) is 0 Å². The minimum Gasteiger partial charge on any atom is -0.481 e. The third kappa shape index (κ3) is 3.50. The maximum atomic E-state index is 12.2. The zero-order chi connectivity index (χ0) is 15.0. The largest absolute Gasteiger partial charge is 0.481 e. The van der Waals surface area contributed by atoms with Crippen molar-refractivity contribution >= 4 is 25.8 Å². The molecule has 0 aromatic carbocycles. The van der Waals surface area contributed by atoms with Gasteiger partial charge in [-0.2, -0.15) is 0 Å². The van der Waals surface area contributed by atoms with Crippen molar-refractivity contribution < 1.29 is 26.7 Å². The minimum absolute atomic E-state index is 0.0854. The molecule has 0 spiro atoms. The first-order chi connectivity index (χ1) is 9.21. The molecule has 1 aliphatic heterocycles. The maximum Gasteiger partial charge on any atom is 0.308 e. The summed E-state index contributed by atoms with van der Waals surface area (Å²) in [7, 11) is -7.07. The summed E-state index contributed by atoms with van der Waals surface area (Å²) in [6, 6.07) is -0.630. The first kappa shape index (κ1) is 15.7. The van der Waals surface area contributed by atoms with Crippen molar-refractivity contribution in [1.82, 2.24) is 4.72 Å². The van der Waals surface area contributed by atoms with Crippen molar-refractivity contribution in [2.45, 2.75) is 43.4 Å². The third-order valence-corrected chi connectivity index (χ3v) is 7.92. The van der Waals surface area contributed by atoms with Crippen LogP contribution in [0.15, 0.2) is 0 Å². The molecule has 0 aromatic rings. The molecule has 116 valence electrons. The zero-order valence-electron chi connectivity index (χ0n) is 11.0. The number of rotatable bonds is 4. The molecule has 2 rings (SSSR count). The predicted molar refractivity (Wildman–Crippen MR) is 72.5 cm³/mol. The number of nitrogens with one attached hydrogen (secondary N) is 1. The zero-order valence-corrected chi connectivity index (χ0v) is 12.6. The lowest BCUT2D eigenvalue weighted by molar-refractivity contribution is -0.143. The smallest absolute Gasteiger partial charge is 0.308 e. The Bertz CT molecular complexity index is 582. The predicted octanol–water partition coefficient (Wildman–Crippen LogP) is -0.264. The lowest BCUT2D eigenvalue weighted by Gasteiger charge is -2.29. The lowest BCUT2D eigenvalue weighted by Crippen LogP contribution is -2.48. The van der Waals surface area contributed by atoms with Gasteiger partial charge in [0.05, 0.1) is 22.7 Å². The van der Waals surface area contributed by atoms with E-state index in [0.29, 0.717) is 12.8 Å². The number of carbonyl (C=O) groups is 1. The van der Waals surface area contributed by atoms with Gasteiger partial charge < -0.3 is 5.11 Å². The van der Waals surface area contributed by atoms with Crippen LogP contribution in [0.4, 0.5) is 0 Å². The SMILES string of the molecule is O=C(O)C1CCCCC1NS(=O)(=O)C1CCS(=O)(=O)C1. The summed E-state index contributed by atoms with van der Waals surface area (Å²) in [5.41, 5.74) is 0. The first-order valence-corrected chi connectivity index (χ1v) is 10.0. The van der Waals surface area contributed by atoms with E-state index in [1.165, 1.54) is 0 Å². The summed E-state index contributed by atoms with van der Waals surface area (Å²) in [6.07, 6.45) is 2.57. The summed E-state index contributed by atoms with van der Waals surface area (Å²) in [5.74, 6) is -2.22. The van der Waals surface area contributed by atoms with E-state index >= 15 is 0 Å². The van der Waals surface area contributed by atoms with Gasteiger partial charge in [-0.15, -0.1) is 0 Å². The highest BCUT2D eigenvalue weighted by Gasteiger charge is 2.40. The molecule has 0 amide bonds. The Hall–Kier alpha value is -0.670. The summed E-state index contributed by atoms with van der Waals surface area (Å²) < 4.78 is 49.5. The van der Waals surface area contributed by atoms with Gasteiger partial charge in [-0.3, -0.25) is 4.79 Å². The van der Waals surface area contributed by atoms with Crippen LogP contribution in [0.3, 0.4) is 0 Å². The Morgan fingerprint density at radius 3 is 2.35 bits per heavy atom. The molecule has 20 heavy (non-hydrogen) atoms. The van der Waals surface area contributed by atoms with Gasteiger partial charge in [0.2, 0.25) is 10.0 Å². The molecule has 1 aliphatic carbocycles. The Balaban J connectivity index is 2.09. The second kappa shape index (κ2) is 5.61. The highest BCUT2D eigenvalue weighted by molar-refractivity contribution is 7.95. The van der Waals surface area contributed by atoms with Crippen molar-refractivity contribution in [1.29, 1.82) is 0 Å². The molecule has 2 N–H and O–H groups in total. The molecule has 1 heterocycles. The standard InChI is InChI=1S/C11H19NO6S2/c13-11(14)9-3-1-2-4-10(9)12-20(17,18)8-5-6-19(15,16)7-8/h8-10,12H,1-7H2,(H,13,14). The van der Waals surface area contributed by atoms with E-state index in [1.807, 2.05) is 0 Å². The summed E-state index contributed by atoms with van der Waals surface area (Å²) >= 11 is 0. The molecule has 9 heteroatoms. The minimum atomic E-state index is -3.79. The van der Waals surface area contributed by atoms with Crippen LogP contribution in [0.25, 0.3) is 0 Å². The summed E-state index contributed by atoms with van der Waals surface area (Å²) in [4.78, 5) is 11.1. The number of sulfonamides is 1. The van der Waals surface area contributed by atoms with Crippen LogP contribution < -0.4 is 4.72 Å². The summed E-state index contributed by atoms with van der Waals surface area (Å²) in [5, 5.41) is 8.17. The number of aliphatic carboxylic acids is 1. The Kier molecular flexibility index (Phi) is 4.41. The van der Waals surface area contributed by atoms with E-state index in [2.05, 4.69) is 4.72 Å². The molecule has 0 radical (unpaired) electrons. The first-order valence-electron chi connectivity index (χ1n) is 6.66. The third-order valence-electron chi connectivity index (χ3n) is 4.03. The van der Waals surface area contributed by atoms with Crippen LogP contribution >= 0.6 is 0 Å². The molecule has 2 aliphatic rings. The maximum absolute atomic E-state index is 12.2. The molecule has 0 aromatic heterocycles. The molecule has 2 fully saturated rings. The van der Waals surface area contributed by atoms with Crippen molar-refractivity contribution in [3.63, 3.8) is 0 Å². The monoisotopic (exact) mass is 325 g/mol. The number of carboxylic acid groups (broad SMARTS) is 1. The van der Waals surface area contributed by atoms with Crippen LogP contribution in [0, 0.1) is 5.92 Å². The van der Waals surface area contributed by atoms with E-state index in [4.69, 9.17) is 5.11 Å². The molecule has 7 nitrogen and oxygen atoms in total. The number of hydrogen-bond donors (Lipinski definition) is 2. The highest BCUT2D eigenvalue weighted by atomic mass is 32.2. The molecule has 3 unspecified atom stereocenters. The molecule has 3 atom stereocenters. The van der Waals surface area contributed by atoms with Crippen LogP contribution in [-0.2, 0) is 24.7 Å². The molecular weight excluding hydrogens is 306 g/mol. The van der Waals surface area contributed by atoms with E-state index < -0.39 is 43.0 Å². The van der Waals surface area contributed by atoms with Gasteiger partial charge in [0.15, 0.2) is 9.84 Å². The van der Waals surface area contributed by atoms with Gasteiger partial charge in [-0.25, -0.2) is 21.6 Å². The fraction of sp³-hybridized carbons (Fsp3) is 0.909. The normalized spacial score (nSPS) is 33.9. The van der Waals surface area contributed by atoms with Crippen molar-refractivity contribution in [2.24, 2.45) is 5.92 Å². The van der Waals surface area contributed by atoms with Crippen molar-refractivity contribution in [2.75, 3.05) is 11.5 Å². The van der Waals surface area contributed by atoms with E-state index in [-0.39, 0.29) is 17.9 Å². The van der Waals surface area contributed by atoms with Gasteiger partial charge in [-0.05, 0) is 19.3 Å².